The van der Waals surface area contributed by atoms with Crippen LogP contribution in [0, 0.1) is 18.8 Å². The summed E-state index contributed by atoms with van der Waals surface area (Å²) in [5, 5.41) is 19.5. The van der Waals surface area contributed by atoms with E-state index in [0.29, 0.717) is 5.92 Å². The second-order valence-electron chi connectivity index (χ2n) is 7.67. The lowest BCUT2D eigenvalue weighted by molar-refractivity contribution is 0.0687. The molecule has 0 aromatic carbocycles. The van der Waals surface area contributed by atoms with Crippen molar-refractivity contribution in [2.45, 2.75) is 45.6 Å². The molecule has 0 bridgehead atoms. The van der Waals surface area contributed by atoms with Crippen LogP contribution in [0.5, 0.6) is 0 Å². The van der Waals surface area contributed by atoms with Crippen LogP contribution in [-0.2, 0) is 6.42 Å². The Labute approximate surface area is 150 Å². The fourth-order valence-electron chi connectivity index (χ4n) is 4.08. The smallest absolute Gasteiger partial charge is 0.132 e. The maximum atomic E-state index is 9.85. The normalized spacial score (nSPS) is 25.7. The van der Waals surface area contributed by atoms with Crippen LogP contribution in [0.3, 0.4) is 0 Å². The molecule has 0 radical (unpaired) electrons. The molecule has 1 aromatic rings. The molecule has 2 unspecified atom stereocenters. The minimum atomic E-state index is -0.133. The summed E-state index contributed by atoms with van der Waals surface area (Å²) < 4.78 is 0. The number of anilines is 1. The molecule has 2 saturated heterocycles. The molecule has 25 heavy (non-hydrogen) atoms. The molecule has 0 amide bonds. The largest absolute Gasteiger partial charge is 0.396 e. The average Bonchev–Trinajstić information content (AvgIpc) is 3.00. The van der Waals surface area contributed by atoms with Crippen molar-refractivity contribution in [1.29, 1.82) is 0 Å². The number of aryl methyl sites for hydroxylation is 2. The maximum Gasteiger partial charge on any atom is 0.132 e. The molecule has 3 rings (SSSR count). The van der Waals surface area contributed by atoms with Gasteiger partial charge in [0.15, 0.2) is 0 Å². The Morgan fingerprint density at radius 1 is 1.16 bits per heavy atom. The van der Waals surface area contributed by atoms with Crippen LogP contribution in [0.2, 0.25) is 0 Å². The van der Waals surface area contributed by atoms with Crippen molar-refractivity contribution >= 4 is 5.82 Å². The molecular weight excluding hydrogens is 316 g/mol. The third-order valence-electron chi connectivity index (χ3n) is 5.55. The van der Waals surface area contributed by atoms with Crippen LogP contribution in [0.4, 0.5) is 5.82 Å². The lowest BCUT2D eigenvalue weighted by Crippen LogP contribution is -2.40. The van der Waals surface area contributed by atoms with E-state index in [-0.39, 0.29) is 18.6 Å². The summed E-state index contributed by atoms with van der Waals surface area (Å²) in [5.41, 5.74) is 1.02. The molecule has 2 N–H and O–H groups in total. The summed E-state index contributed by atoms with van der Waals surface area (Å²) in [5.74, 6) is 2.67. The summed E-state index contributed by atoms with van der Waals surface area (Å²) in [6.45, 7) is 9.12. The second-order valence-corrected chi connectivity index (χ2v) is 7.67. The topological polar surface area (TPSA) is 72.7 Å². The highest BCUT2D eigenvalue weighted by atomic mass is 16.3. The van der Waals surface area contributed by atoms with Gasteiger partial charge in [0.1, 0.15) is 11.6 Å². The van der Waals surface area contributed by atoms with E-state index in [1.807, 2.05) is 6.92 Å². The zero-order valence-electron chi connectivity index (χ0n) is 15.6. The van der Waals surface area contributed by atoms with E-state index in [9.17, 15) is 10.2 Å². The van der Waals surface area contributed by atoms with E-state index in [4.69, 9.17) is 4.98 Å². The number of piperidine rings is 1. The number of aliphatic hydroxyl groups excluding tert-OH is 2. The van der Waals surface area contributed by atoms with Gasteiger partial charge in [0.2, 0.25) is 0 Å². The first-order chi connectivity index (χ1) is 12.1. The van der Waals surface area contributed by atoms with Crippen LogP contribution in [-0.4, -0.2) is 70.5 Å². The lowest BCUT2D eigenvalue weighted by Gasteiger charge is -2.32. The molecule has 0 spiro atoms. The van der Waals surface area contributed by atoms with E-state index < -0.39 is 0 Å². The quantitative estimate of drug-likeness (QED) is 0.806. The van der Waals surface area contributed by atoms with Crippen LogP contribution in [0.25, 0.3) is 0 Å². The van der Waals surface area contributed by atoms with Crippen molar-refractivity contribution in [3.05, 3.63) is 17.6 Å². The highest BCUT2D eigenvalue weighted by Gasteiger charge is 2.35. The van der Waals surface area contributed by atoms with Gasteiger partial charge in [0, 0.05) is 63.4 Å². The van der Waals surface area contributed by atoms with E-state index in [0.717, 1.165) is 75.7 Å². The Balaban J connectivity index is 1.66. The number of hydrogen-bond acceptors (Lipinski definition) is 6. The summed E-state index contributed by atoms with van der Waals surface area (Å²) in [7, 11) is 0. The van der Waals surface area contributed by atoms with Gasteiger partial charge in [0.25, 0.3) is 0 Å². The van der Waals surface area contributed by atoms with E-state index in [1.54, 1.807) is 0 Å². The van der Waals surface area contributed by atoms with E-state index in [2.05, 4.69) is 27.8 Å². The monoisotopic (exact) mass is 348 g/mol. The first-order valence-electron chi connectivity index (χ1n) is 9.69. The Kier molecular flexibility index (Phi) is 6.25. The molecule has 0 saturated carbocycles. The van der Waals surface area contributed by atoms with Crippen LogP contribution in [0.15, 0.2) is 6.07 Å². The summed E-state index contributed by atoms with van der Waals surface area (Å²) in [6.07, 6.45) is 3.56. The predicted octanol–water partition coefficient (Wildman–Crippen LogP) is 1.24. The highest BCUT2D eigenvalue weighted by molar-refractivity contribution is 5.41. The van der Waals surface area contributed by atoms with Gasteiger partial charge < -0.3 is 20.0 Å². The number of rotatable bonds is 6. The Morgan fingerprint density at radius 3 is 2.56 bits per heavy atom. The van der Waals surface area contributed by atoms with Gasteiger partial charge in [-0.25, -0.2) is 9.97 Å². The fourth-order valence-corrected chi connectivity index (χ4v) is 4.08. The summed E-state index contributed by atoms with van der Waals surface area (Å²) in [6, 6.07) is 2.06. The third kappa shape index (κ3) is 4.68. The zero-order chi connectivity index (χ0) is 17.8. The van der Waals surface area contributed by atoms with E-state index >= 15 is 0 Å². The Bertz CT molecular complexity index is 560. The van der Waals surface area contributed by atoms with Crippen LogP contribution in [0.1, 0.15) is 37.7 Å². The predicted molar refractivity (Wildman–Crippen MR) is 98.7 cm³/mol. The van der Waals surface area contributed by atoms with Crippen LogP contribution < -0.4 is 4.90 Å². The second kappa shape index (κ2) is 8.43. The molecule has 6 heteroatoms. The Morgan fingerprint density at radius 2 is 1.88 bits per heavy atom. The zero-order valence-corrected chi connectivity index (χ0v) is 15.6. The van der Waals surface area contributed by atoms with E-state index in [1.165, 1.54) is 0 Å². The SMILES string of the molecule is CCCc1nc(C)cc(N2CC(CO)C(CN3CCC(O)CC3)C2)n1. The average molecular weight is 348 g/mol. The number of aliphatic hydroxyl groups is 2. The standard InChI is InChI=1S/C19H32N4O2/c1-3-4-18-20-14(2)9-19(21-18)23-11-15(16(12-23)13-24)10-22-7-5-17(25)6-8-22/h9,15-17,24-25H,3-8,10-13H2,1-2H3. The Hall–Kier alpha value is -1.24. The summed E-state index contributed by atoms with van der Waals surface area (Å²) in [4.78, 5) is 14.0. The van der Waals surface area contributed by atoms with Crippen molar-refractivity contribution in [2.24, 2.45) is 11.8 Å². The molecule has 140 valence electrons. The van der Waals surface area contributed by atoms with Crippen molar-refractivity contribution in [2.75, 3.05) is 44.2 Å². The van der Waals surface area contributed by atoms with Crippen molar-refractivity contribution < 1.29 is 10.2 Å². The van der Waals surface area contributed by atoms with Gasteiger partial charge in [0.05, 0.1) is 6.10 Å². The van der Waals surface area contributed by atoms with Gasteiger partial charge >= 0.3 is 0 Å². The van der Waals surface area contributed by atoms with Gasteiger partial charge in [-0.05, 0) is 32.1 Å². The number of nitrogens with zero attached hydrogens (tertiary/aromatic N) is 4. The maximum absolute atomic E-state index is 9.85. The first kappa shape index (κ1) is 18.5. The van der Waals surface area contributed by atoms with Crippen molar-refractivity contribution in [3.8, 4) is 0 Å². The molecule has 0 aliphatic carbocycles. The minimum absolute atomic E-state index is 0.133. The molecule has 2 aliphatic rings. The molecular formula is C19H32N4O2. The van der Waals surface area contributed by atoms with Crippen LogP contribution >= 0.6 is 0 Å². The van der Waals surface area contributed by atoms with Gasteiger partial charge in [-0.1, -0.05) is 6.92 Å². The molecule has 2 atom stereocenters. The third-order valence-corrected chi connectivity index (χ3v) is 5.55. The summed E-state index contributed by atoms with van der Waals surface area (Å²) >= 11 is 0. The highest BCUT2D eigenvalue weighted by Crippen LogP contribution is 2.29. The molecule has 1 aromatic heterocycles. The first-order valence-corrected chi connectivity index (χ1v) is 9.69. The lowest BCUT2D eigenvalue weighted by atomic mass is 9.95. The molecule has 6 nitrogen and oxygen atoms in total. The number of hydrogen-bond donors (Lipinski definition) is 2. The van der Waals surface area contributed by atoms with Gasteiger partial charge in [-0.15, -0.1) is 0 Å². The minimum Gasteiger partial charge on any atom is -0.396 e. The fraction of sp³-hybridized carbons (Fsp3) is 0.789. The molecule has 2 aliphatic heterocycles. The van der Waals surface area contributed by atoms with Gasteiger partial charge in [-0.3, -0.25) is 0 Å². The molecule has 2 fully saturated rings. The number of aromatic nitrogens is 2. The number of likely N-dealkylation sites (tertiary alicyclic amines) is 1. The van der Waals surface area contributed by atoms with Crippen molar-refractivity contribution in [1.82, 2.24) is 14.9 Å². The van der Waals surface area contributed by atoms with Crippen molar-refractivity contribution in [3.63, 3.8) is 0 Å². The molecule has 3 heterocycles. The van der Waals surface area contributed by atoms with Gasteiger partial charge in [-0.2, -0.15) is 0 Å².